The van der Waals surface area contributed by atoms with Gasteiger partial charge in [0.1, 0.15) is 11.9 Å². The molecule has 3 rings (SSSR count). The second kappa shape index (κ2) is 10.2. The Morgan fingerprint density at radius 1 is 1.24 bits per heavy atom. The number of para-hydroxylation sites is 1. The lowest BCUT2D eigenvalue weighted by Crippen LogP contribution is -2.45. The zero-order chi connectivity index (χ0) is 16.8. The van der Waals surface area contributed by atoms with Gasteiger partial charge in [0.15, 0.2) is 5.96 Å². The summed E-state index contributed by atoms with van der Waals surface area (Å²) in [6, 6.07) is 8.28. The zero-order valence-corrected chi connectivity index (χ0v) is 17.7. The van der Waals surface area contributed by atoms with Gasteiger partial charge in [-0.15, -0.1) is 24.0 Å². The predicted molar refractivity (Wildman–Crippen MR) is 114 cm³/mol. The van der Waals surface area contributed by atoms with E-state index in [1.54, 1.807) is 0 Å². The molecule has 0 amide bonds. The lowest BCUT2D eigenvalue weighted by atomic mass is 9.99. The lowest BCUT2D eigenvalue weighted by Gasteiger charge is -2.30. The number of nitrogens with one attached hydrogen (secondary N) is 2. The van der Waals surface area contributed by atoms with Gasteiger partial charge in [-0.25, -0.2) is 0 Å². The van der Waals surface area contributed by atoms with Crippen LogP contribution in [-0.2, 0) is 6.42 Å². The Labute approximate surface area is 168 Å². The molecule has 140 valence electrons. The van der Waals surface area contributed by atoms with Gasteiger partial charge in [-0.1, -0.05) is 25.1 Å². The minimum absolute atomic E-state index is 0. The summed E-state index contributed by atoms with van der Waals surface area (Å²) in [6.07, 6.45) is 3.80. The van der Waals surface area contributed by atoms with Gasteiger partial charge in [0, 0.05) is 26.6 Å². The van der Waals surface area contributed by atoms with Crippen LogP contribution in [0.1, 0.15) is 25.3 Å². The normalized spacial score (nSPS) is 21.2. The SMILES string of the molecule is CN=C(NCCN1CCC(C)CC1)NCC1Cc2ccccc2O1.I. The molecule has 1 atom stereocenters. The van der Waals surface area contributed by atoms with Crippen molar-refractivity contribution in [2.24, 2.45) is 10.9 Å². The third-order valence-corrected chi connectivity index (χ3v) is 5.03. The van der Waals surface area contributed by atoms with Gasteiger partial charge in [-0.3, -0.25) is 4.99 Å². The summed E-state index contributed by atoms with van der Waals surface area (Å²) in [5.41, 5.74) is 1.30. The summed E-state index contributed by atoms with van der Waals surface area (Å²) in [4.78, 5) is 6.85. The van der Waals surface area contributed by atoms with Gasteiger partial charge in [0.05, 0.1) is 6.54 Å². The molecule has 1 aromatic carbocycles. The highest BCUT2D eigenvalue weighted by molar-refractivity contribution is 14.0. The fourth-order valence-corrected chi connectivity index (χ4v) is 3.42. The van der Waals surface area contributed by atoms with Crippen molar-refractivity contribution < 1.29 is 4.74 Å². The molecule has 0 saturated carbocycles. The molecule has 2 aliphatic rings. The maximum atomic E-state index is 5.96. The van der Waals surface area contributed by atoms with E-state index in [9.17, 15) is 0 Å². The summed E-state index contributed by atoms with van der Waals surface area (Å²) < 4.78 is 5.96. The lowest BCUT2D eigenvalue weighted by molar-refractivity contribution is 0.195. The van der Waals surface area contributed by atoms with E-state index < -0.39 is 0 Å². The second-order valence-corrected chi connectivity index (χ2v) is 6.96. The number of aliphatic imine (C=N–C) groups is 1. The van der Waals surface area contributed by atoms with Crippen molar-refractivity contribution in [1.82, 2.24) is 15.5 Å². The number of piperidine rings is 1. The van der Waals surface area contributed by atoms with Crippen LogP contribution in [0.4, 0.5) is 0 Å². The molecular weight excluding hydrogens is 427 g/mol. The van der Waals surface area contributed by atoms with Crippen LogP contribution < -0.4 is 15.4 Å². The molecule has 0 aliphatic carbocycles. The quantitative estimate of drug-likeness (QED) is 0.405. The number of halogens is 1. The Hall–Kier alpha value is -1.02. The van der Waals surface area contributed by atoms with Crippen LogP contribution in [0, 0.1) is 5.92 Å². The number of guanidine groups is 1. The highest BCUT2D eigenvalue weighted by Gasteiger charge is 2.22. The van der Waals surface area contributed by atoms with Crippen LogP contribution in [-0.4, -0.2) is 56.7 Å². The third-order valence-electron chi connectivity index (χ3n) is 5.03. The number of benzene rings is 1. The largest absolute Gasteiger partial charge is 0.488 e. The second-order valence-electron chi connectivity index (χ2n) is 6.96. The fraction of sp³-hybridized carbons (Fsp3) is 0.632. The number of rotatable bonds is 5. The first-order valence-corrected chi connectivity index (χ1v) is 9.16. The Kier molecular flexibility index (Phi) is 8.29. The molecule has 0 bridgehead atoms. The molecule has 5 nitrogen and oxygen atoms in total. The fourth-order valence-electron chi connectivity index (χ4n) is 3.42. The summed E-state index contributed by atoms with van der Waals surface area (Å²) in [5.74, 6) is 2.77. The highest BCUT2D eigenvalue weighted by Crippen LogP contribution is 2.27. The maximum Gasteiger partial charge on any atom is 0.191 e. The van der Waals surface area contributed by atoms with Crippen molar-refractivity contribution in [3.8, 4) is 5.75 Å². The Morgan fingerprint density at radius 3 is 2.72 bits per heavy atom. The Balaban J connectivity index is 0.00000225. The van der Waals surface area contributed by atoms with E-state index in [2.05, 4.69) is 39.6 Å². The first-order chi connectivity index (χ1) is 11.7. The first-order valence-electron chi connectivity index (χ1n) is 9.16. The molecule has 1 unspecified atom stereocenters. The number of fused-ring (bicyclic) bond motifs is 1. The number of hydrogen-bond donors (Lipinski definition) is 2. The molecule has 2 aliphatic heterocycles. The number of likely N-dealkylation sites (tertiary alicyclic amines) is 1. The van der Waals surface area contributed by atoms with E-state index in [0.29, 0.717) is 0 Å². The van der Waals surface area contributed by atoms with Gasteiger partial charge in [-0.05, 0) is 43.5 Å². The van der Waals surface area contributed by atoms with E-state index in [-0.39, 0.29) is 30.1 Å². The van der Waals surface area contributed by atoms with Crippen LogP contribution >= 0.6 is 24.0 Å². The van der Waals surface area contributed by atoms with Crippen molar-refractivity contribution >= 4 is 29.9 Å². The number of ether oxygens (including phenoxy) is 1. The predicted octanol–water partition coefficient (Wildman–Crippen LogP) is 2.51. The van der Waals surface area contributed by atoms with Gasteiger partial charge in [-0.2, -0.15) is 0 Å². The van der Waals surface area contributed by atoms with E-state index >= 15 is 0 Å². The van der Waals surface area contributed by atoms with E-state index in [1.165, 1.54) is 31.5 Å². The molecule has 1 aromatic rings. The van der Waals surface area contributed by atoms with Crippen LogP contribution in [0.25, 0.3) is 0 Å². The molecule has 0 aromatic heterocycles. The molecule has 0 spiro atoms. The van der Waals surface area contributed by atoms with Crippen molar-refractivity contribution in [3.05, 3.63) is 29.8 Å². The Bertz CT molecular complexity index is 533. The average molecular weight is 458 g/mol. The van der Waals surface area contributed by atoms with Crippen molar-refractivity contribution in [3.63, 3.8) is 0 Å². The highest BCUT2D eigenvalue weighted by atomic mass is 127. The maximum absolute atomic E-state index is 5.96. The zero-order valence-electron chi connectivity index (χ0n) is 15.3. The van der Waals surface area contributed by atoms with Gasteiger partial charge >= 0.3 is 0 Å². The van der Waals surface area contributed by atoms with E-state index in [0.717, 1.165) is 43.7 Å². The standard InChI is InChI=1S/C19H30N4O.HI/c1-15-7-10-23(11-8-15)12-9-21-19(20-2)22-14-17-13-16-5-3-4-6-18(16)24-17;/h3-6,15,17H,7-14H2,1-2H3,(H2,20,21,22);1H. The molecule has 6 heteroatoms. The average Bonchev–Trinajstić information content (AvgIpc) is 3.02. The van der Waals surface area contributed by atoms with Crippen LogP contribution in [0.15, 0.2) is 29.3 Å². The summed E-state index contributed by atoms with van der Waals surface area (Å²) in [7, 11) is 1.82. The van der Waals surface area contributed by atoms with Crippen molar-refractivity contribution in [1.29, 1.82) is 0 Å². The van der Waals surface area contributed by atoms with Crippen molar-refractivity contribution in [2.75, 3.05) is 39.8 Å². The van der Waals surface area contributed by atoms with Gasteiger partial charge < -0.3 is 20.3 Å². The minimum atomic E-state index is 0. The Morgan fingerprint density at radius 2 is 2.00 bits per heavy atom. The molecular formula is C19H31IN4O. The smallest absolute Gasteiger partial charge is 0.191 e. The van der Waals surface area contributed by atoms with E-state index in [1.807, 2.05) is 19.2 Å². The molecule has 25 heavy (non-hydrogen) atoms. The molecule has 1 saturated heterocycles. The molecule has 0 radical (unpaired) electrons. The van der Waals surface area contributed by atoms with Gasteiger partial charge in [0.2, 0.25) is 0 Å². The van der Waals surface area contributed by atoms with Crippen LogP contribution in [0.3, 0.4) is 0 Å². The molecule has 2 heterocycles. The topological polar surface area (TPSA) is 48.9 Å². The molecule has 1 fully saturated rings. The van der Waals surface area contributed by atoms with Gasteiger partial charge in [0.25, 0.3) is 0 Å². The minimum Gasteiger partial charge on any atom is -0.488 e. The van der Waals surface area contributed by atoms with E-state index in [4.69, 9.17) is 4.74 Å². The first kappa shape index (κ1) is 20.3. The van der Waals surface area contributed by atoms with Crippen molar-refractivity contribution in [2.45, 2.75) is 32.3 Å². The third kappa shape index (κ3) is 6.02. The van der Waals surface area contributed by atoms with Crippen LogP contribution in [0.2, 0.25) is 0 Å². The number of hydrogen-bond acceptors (Lipinski definition) is 3. The summed E-state index contributed by atoms with van der Waals surface area (Å²) in [5, 5.41) is 6.80. The summed E-state index contributed by atoms with van der Waals surface area (Å²) in [6.45, 7) is 7.59. The summed E-state index contributed by atoms with van der Waals surface area (Å²) >= 11 is 0. The number of nitrogens with zero attached hydrogens (tertiary/aromatic N) is 2. The molecule has 2 N–H and O–H groups in total. The monoisotopic (exact) mass is 458 g/mol. The van der Waals surface area contributed by atoms with Crippen LogP contribution in [0.5, 0.6) is 5.75 Å².